The molecule has 1 atom stereocenters. The minimum absolute atomic E-state index is 0.277. The van der Waals surface area contributed by atoms with Crippen LogP contribution in [0.4, 0.5) is 0 Å². The second-order valence-electron chi connectivity index (χ2n) is 5.68. The van der Waals surface area contributed by atoms with Crippen molar-refractivity contribution < 1.29 is 9.53 Å². The van der Waals surface area contributed by atoms with Gasteiger partial charge in [-0.25, -0.2) is 0 Å². The lowest BCUT2D eigenvalue weighted by Gasteiger charge is -2.30. The van der Waals surface area contributed by atoms with Gasteiger partial charge < -0.3 is 15.8 Å². The van der Waals surface area contributed by atoms with Crippen molar-refractivity contribution in [2.75, 3.05) is 20.3 Å². The summed E-state index contributed by atoms with van der Waals surface area (Å²) in [5, 5.41) is 3.10. The smallest absolute Gasteiger partial charge is 0.240 e. The van der Waals surface area contributed by atoms with Crippen LogP contribution in [0.25, 0.3) is 0 Å². The Hall–Kier alpha value is -0.610. The zero-order chi connectivity index (χ0) is 14.1. The molecule has 3 N–H and O–H groups in total. The van der Waals surface area contributed by atoms with Gasteiger partial charge in [0, 0.05) is 6.61 Å². The molecule has 1 saturated carbocycles. The molecule has 0 spiro atoms. The number of carbonyl (C=O) groups excluding carboxylic acids is 1. The van der Waals surface area contributed by atoms with E-state index in [9.17, 15) is 4.79 Å². The lowest BCUT2D eigenvalue weighted by molar-refractivity contribution is -0.128. The summed E-state index contributed by atoms with van der Waals surface area (Å²) in [6, 6.07) is 0. The molecule has 0 aromatic heterocycles. The third-order valence-corrected chi connectivity index (χ3v) is 4.13. The molecule has 4 heteroatoms. The van der Waals surface area contributed by atoms with Crippen LogP contribution >= 0.6 is 0 Å². The molecular weight excluding hydrogens is 240 g/mol. The predicted molar refractivity (Wildman–Crippen MR) is 77.9 cm³/mol. The third kappa shape index (κ3) is 5.11. The van der Waals surface area contributed by atoms with Gasteiger partial charge in [-0.3, -0.25) is 4.79 Å². The summed E-state index contributed by atoms with van der Waals surface area (Å²) in [5.74, 6) is 0.0833. The van der Waals surface area contributed by atoms with Crippen molar-refractivity contribution in [2.45, 2.75) is 63.8 Å². The fourth-order valence-electron chi connectivity index (χ4n) is 2.58. The van der Waals surface area contributed by atoms with E-state index >= 15 is 0 Å². The lowest BCUT2D eigenvalue weighted by atomic mass is 9.93. The van der Waals surface area contributed by atoms with E-state index < -0.39 is 5.54 Å². The quantitative estimate of drug-likeness (QED) is 0.534. The molecule has 1 amide bonds. The van der Waals surface area contributed by atoms with Crippen LogP contribution in [0.1, 0.15) is 58.3 Å². The molecule has 1 unspecified atom stereocenters. The van der Waals surface area contributed by atoms with Gasteiger partial charge in [0.2, 0.25) is 5.91 Å². The van der Waals surface area contributed by atoms with Crippen molar-refractivity contribution in [2.24, 2.45) is 11.7 Å². The molecular formula is C15H30N2O2. The van der Waals surface area contributed by atoms with Gasteiger partial charge in [0.15, 0.2) is 0 Å². The Balaban J connectivity index is 2.14. The Bertz CT molecular complexity index is 267. The van der Waals surface area contributed by atoms with Gasteiger partial charge in [0.25, 0.3) is 0 Å². The number of hydrogen-bond acceptors (Lipinski definition) is 3. The standard InChI is InChI=1S/C15H30N2O2/c1-3-4-5-6-7-8-11-19-12-15(17-2,14(16)18)13-9-10-13/h13,17H,3-12H2,1-2H3,(H2,16,18). The first kappa shape index (κ1) is 16.4. The van der Waals surface area contributed by atoms with Crippen molar-refractivity contribution >= 4 is 5.91 Å². The van der Waals surface area contributed by atoms with Crippen molar-refractivity contribution in [1.29, 1.82) is 0 Å². The van der Waals surface area contributed by atoms with E-state index in [-0.39, 0.29) is 5.91 Å². The molecule has 4 nitrogen and oxygen atoms in total. The summed E-state index contributed by atoms with van der Waals surface area (Å²) in [5.41, 5.74) is 4.90. The second-order valence-corrected chi connectivity index (χ2v) is 5.68. The van der Waals surface area contributed by atoms with Crippen LogP contribution in [-0.4, -0.2) is 31.7 Å². The Morgan fingerprint density at radius 2 is 1.89 bits per heavy atom. The minimum atomic E-state index is -0.637. The maximum absolute atomic E-state index is 11.7. The highest BCUT2D eigenvalue weighted by Crippen LogP contribution is 2.39. The van der Waals surface area contributed by atoms with Gasteiger partial charge >= 0.3 is 0 Å². The van der Waals surface area contributed by atoms with Gasteiger partial charge in [0.05, 0.1) is 6.61 Å². The molecule has 1 aliphatic rings. The zero-order valence-corrected chi connectivity index (χ0v) is 12.5. The molecule has 1 fully saturated rings. The van der Waals surface area contributed by atoms with Crippen LogP contribution in [0, 0.1) is 5.92 Å². The van der Waals surface area contributed by atoms with Crippen LogP contribution in [0.3, 0.4) is 0 Å². The molecule has 0 aliphatic heterocycles. The van der Waals surface area contributed by atoms with E-state index in [0.717, 1.165) is 25.9 Å². The molecule has 19 heavy (non-hydrogen) atoms. The number of amides is 1. The average Bonchev–Trinajstić information content (AvgIpc) is 3.22. The highest BCUT2D eigenvalue weighted by atomic mass is 16.5. The largest absolute Gasteiger partial charge is 0.379 e. The normalized spacial score (nSPS) is 18.2. The van der Waals surface area contributed by atoms with Crippen molar-refractivity contribution in [3.8, 4) is 0 Å². The molecule has 0 heterocycles. The molecule has 0 saturated heterocycles. The van der Waals surface area contributed by atoms with Crippen molar-refractivity contribution in [3.63, 3.8) is 0 Å². The van der Waals surface area contributed by atoms with Gasteiger partial charge in [0.1, 0.15) is 5.54 Å². The average molecular weight is 270 g/mol. The lowest BCUT2D eigenvalue weighted by Crippen LogP contribution is -2.59. The zero-order valence-electron chi connectivity index (χ0n) is 12.5. The first-order chi connectivity index (χ1) is 9.17. The topological polar surface area (TPSA) is 64.3 Å². The fourth-order valence-corrected chi connectivity index (χ4v) is 2.58. The summed E-state index contributed by atoms with van der Waals surface area (Å²) in [7, 11) is 1.80. The second kappa shape index (κ2) is 8.54. The van der Waals surface area contributed by atoms with E-state index in [1.54, 1.807) is 7.05 Å². The Labute approximate surface area is 117 Å². The summed E-state index contributed by atoms with van der Waals surface area (Å²) >= 11 is 0. The summed E-state index contributed by atoms with van der Waals surface area (Å²) in [6.07, 6.45) is 9.65. The third-order valence-electron chi connectivity index (χ3n) is 4.13. The van der Waals surface area contributed by atoms with E-state index in [1.165, 1.54) is 32.1 Å². The molecule has 1 aliphatic carbocycles. The van der Waals surface area contributed by atoms with Gasteiger partial charge in [-0.2, -0.15) is 0 Å². The summed E-state index contributed by atoms with van der Waals surface area (Å²) in [6.45, 7) is 3.37. The summed E-state index contributed by atoms with van der Waals surface area (Å²) < 4.78 is 5.70. The van der Waals surface area contributed by atoms with Gasteiger partial charge in [-0.1, -0.05) is 39.0 Å². The molecule has 0 aromatic carbocycles. The number of ether oxygens (including phenoxy) is 1. The van der Waals surface area contributed by atoms with Crippen molar-refractivity contribution in [3.05, 3.63) is 0 Å². The monoisotopic (exact) mass is 270 g/mol. The molecule has 0 radical (unpaired) electrons. The molecule has 1 rings (SSSR count). The molecule has 0 bridgehead atoms. The van der Waals surface area contributed by atoms with E-state index in [1.807, 2.05) is 0 Å². The number of likely N-dealkylation sites (N-methyl/N-ethyl adjacent to an activating group) is 1. The van der Waals surface area contributed by atoms with E-state index in [2.05, 4.69) is 12.2 Å². The predicted octanol–water partition coefficient (Wildman–Crippen LogP) is 2.22. The van der Waals surface area contributed by atoms with Crippen LogP contribution < -0.4 is 11.1 Å². The fraction of sp³-hybridized carbons (Fsp3) is 0.933. The highest BCUT2D eigenvalue weighted by molar-refractivity contribution is 5.85. The Morgan fingerprint density at radius 3 is 2.42 bits per heavy atom. The van der Waals surface area contributed by atoms with Crippen LogP contribution in [0.5, 0.6) is 0 Å². The van der Waals surface area contributed by atoms with Crippen LogP contribution in [0.2, 0.25) is 0 Å². The first-order valence-electron chi connectivity index (χ1n) is 7.74. The number of nitrogens with one attached hydrogen (secondary N) is 1. The van der Waals surface area contributed by atoms with Gasteiger partial charge in [-0.15, -0.1) is 0 Å². The number of rotatable bonds is 12. The van der Waals surface area contributed by atoms with Crippen LogP contribution in [0.15, 0.2) is 0 Å². The maximum atomic E-state index is 11.7. The number of unbranched alkanes of at least 4 members (excludes halogenated alkanes) is 5. The van der Waals surface area contributed by atoms with Crippen LogP contribution in [-0.2, 0) is 9.53 Å². The van der Waals surface area contributed by atoms with E-state index in [0.29, 0.717) is 12.5 Å². The molecule has 0 aromatic rings. The first-order valence-corrected chi connectivity index (χ1v) is 7.74. The number of hydrogen-bond donors (Lipinski definition) is 2. The highest BCUT2D eigenvalue weighted by Gasteiger charge is 2.49. The Kier molecular flexibility index (Phi) is 7.39. The number of nitrogens with two attached hydrogens (primary N) is 1. The minimum Gasteiger partial charge on any atom is -0.379 e. The Morgan fingerprint density at radius 1 is 1.26 bits per heavy atom. The van der Waals surface area contributed by atoms with E-state index in [4.69, 9.17) is 10.5 Å². The molecule has 112 valence electrons. The maximum Gasteiger partial charge on any atom is 0.240 e. The van der Waals surface area contributed by atoms with Crippen molar-refractivity contribution in [1.82, 2.24) is 5.32 Å². The summed E-state index contributed by atoms with van der Waals surface area (Å²) in [4.78, 5) is 11.7. The SMILES string of the molecule is CCCCCCCCOCC(NC)(C(N)=O)C1CC1. The number of primary amides is 1. The number of carbonyl (C=O) groups is 1. The van der Waals surface area contributed by atoms with Gasteiger partial charge in [-0.05, 0) is 32.2 Å².